The highest BCUT2D eigenvalue weighted by molar-refractivity contribution is 8.02. The van der Waals surface area contributed by atoms with Crippen LogP contribution in [-0.4, -0.2) is 64.8 Å². The second-order valence-electron chi connectivity index (χ2n) is 7.46. The zero-order chi connectivity index (χ0) is 20.8. The van der Waals surface area contributed by atoms with Gasteiger partial charge in [0.15, 0.2) is 5.60 Å². The molecule has 156 valence electrons. The van der Waals surface area contributed by atoms with E-state index in [0.29, 0.717) is 5.75 Å². The number of halogens is 1. The predicted molar refractivity (Wildman–Crippen MR) is 104 cm³/mol. The third kappa shape index (κ3) is 3.30. The average Bonchev–Trinajstić information content (AvgIpc) is 3.24. The molecule has 0 saturated carbocycles. The van der Waals surface area contributed by atoms with Crippen LogP contribution in [0.2, 0.25) is 0 Å². The van der Waals surface area contributed by atoms with Gasteiger partial charge in [-0.3, -0.25) is 9.59 Å². The fraction of sp³-hybridized carbons (Fsp3) is 0.526. The molecule has 3 saturated heterocycles. The summed E-state index contributed by atoms with van der Waals surface area (Å²) >= 11 is 7.45. The van der Waals surface area contributed by atoms with Crippen molar-refractivity contribution < 1.29 is 33.3 Å². The van der Waals surface area contributed by atoms with Crippen LogP contribution in [0.4, 0.5) is 4.79 Å². The molecule has 0 radical (unpaired) electrons. The van der Waals surface area contributed by atoms with Crippen molar-refractivity contribution in [2.45, 2.75) is 29.3 Å². The molecule has 0 spiro atoms. The number of esters is 1. The summed E-state index contributed by atoms with van der Waals surface area (Å²) in [6.45, 7) is 1.92. The maximum absolute atomic E-state index is 12.9. The van der Waals surface area contributed by atoms with Crippen molar-refractivity contribution in [1.29, 1.82) is 0 Å². The van der Waals surface area contributed by atoms with Crippen LogP contribution >= 0.6 is 23.4 Å². The van der Waals surface area contributed by atoms with Crippen LogP contribution in [0.25, 0.3) is 0 Å². The molecular weight excluding hydrogens is 422 g/mol. The van der Waals surface area contributed by atoms with Crippen molar-refractivity contribution in [2.75, 3.05) is 26.1 Å². The number of methoxy groups -OCH3 is 1. The molecule has 0 aromatic heterocycles. The highest BCUT2D eigenvalue weighted by Crippen LogP contribution is 2.54. The molecule has 0 N–H and O–H groups in total. The highest BCUT2D eigenvalue weighted by Gasteiger charge is 2.68. The number of ether oxygens (including phenoxy) is 4. The number of alkyl halides is 1. The van der Waals surface area contributed by atoms with Crippen LogP contribution in [0.15, 0.2) is 24.3 Å². The lowest BCUT2D eigenvalue weighted by Gasteiger charge is -2.46. The molecule has 3 aliphatic rings. The molecule has 3 aliphatic heterocycles. The van der Waals surface area contributed by atoms with Gasteiger partial charge >= 0.3 is 12.1 Å². The Hall–Kier alpha value is -2.13. The van der Waals surface area contributed by atoms with E-state index in [-0.39, 0.29) is 36.9 Å². The fourth-order valence-electron chi connectivity index (χ4n) is 3.78. The predicted octanol–water partition coefficient (Wildman–Crippen LogP) is 2.17. The van der Waals surface area contributed by atoms with Gasteiger partial charge in [-0.25, -0.2) is 4.79 Å². The molecule has 1 aromatic rings. The van der Waals surface area contributed by atoms with Crippen LogP contribution in [0.1, 0.15) is 12.5 Å². The first-order chi connectivity index (χ1) is 13.8. The van der Waals surface area contributed by atoms with Crippen LogP contribution in [-0.2, 0) is 30.4 Å². The zero-order valence-corrected chi connectivity index (χ0v) is 17.5. The third-order valence-electron chi connectivity index (χ3n) is 5.48. The molecule has 1 aromatic carbocycles. The molecular formula is C19H20ClNO7S. The molecule has 4 rings (SSSR count). The van der Waals surface area contributed by atoms with E-state index in [9.17, 15) is 14.4 Å². The number of rotatable bonds is 6. The maximum atomic E-state index is 12.9. The number of amides is 1. The molecule has 0 aliphatic carbocycles. The number of β-lactam (4-membered cyclic amide) rings is 1. The second-order valence-corrected chi connectivity index (χ2v) is 9.23. The van der Waals surface area contributed by atoms with Crippen molar-refractivity contribution in [2.24, 2.45) is 5.92 Å². The standard InChI is InChI=1S/C19H20ClNO7S/c1-18(10-27-17(24)28-18)13-14(22)21-9-19(8-20,29-15(13)21)16(23)26-7-11-3-5-12(25-2)6-4-11/h3-6,13,15H,7-10H2,1-2H3/t13?,15-,18?,19?/m1/s1. The number of carbonyl (C=O) groups is 3. The summed E-state index contributed by atoms with van der Waals surface area (Å²) < 4.78 is 19.7. The van der Waals surface area contributed by atoms with Gasteiger partial charge in [0.1, 0.15) is 29.6 Å². The number of hydrogen-bond acceptors (Lipinski definition) is 8. The summed E-state index contributed by atoms with van der Waals surface area (Å²) in [7, 11) is 1.58. The normalized spacial score (nSPS) is 32.9. The Balaban J connectivity index is 1.43. The van der Waals surface area contributed by atoms with Crippen LogP contribution in [0, 0.1) is 5.92 Å². The van der Waals surface area contributed by atoms with E-state index in [2.05, 4.69) is 0 Å². The molecule has 29 heavy (non-hydrogen) atoms. The van der Waals surface area contributed by atoms with E-state index < -0.39 is 28.4 Å². The topological polar surface area (TPSA) is 91.4 Å². The Bertz CT molecular complexity index is 849. The smallest absolute Gasteiger partial charge is 0.497 e. The first kappa shape index (κ1) is 20.2. The van der Waals surface area contributed by atoms with E-state index >= 15 is 0 Å². The lowest BCUT2D eigenvalue weighted by molar-refractivity contribution is -0.163. The van der Waals surface area contributed by atoms with Crippen molar-refractivity contribution in [3.63, 3.8) is 0 Å². The van der Waals surface area contributed by atoms with Crippen LogP contribution in [0.5, 0.6) is 5.75 Å². The van der Waals surface area contributed by atoms with Gasteiger partial charge in [-0.2, -0.15) is 0 Å². The Morgan fingerprint density at radius 1 is 1.34 bits per heavy atom. The summed E-state index contributed by atoms with van der Waals surface area (Å²) in [5, 5.41) is -0.325. The van der Waals surface area contributed by atoms with E-state index in [1.807, 2.05) is 12.1 Å². The molecule has 0 bridgehead atoms. The molecule has 10 heteroatoms. The highest BCUT2D eigenvalue weighted by atomic mass is 35.5. The van der Waals surface area contributed by atoms with Crippen LogP contribution in [0.3, 0.4) is 0 Å². The summed E-state index contributed by atoms with van der Waals surface area (Å²) in [4.78, 5) is 38.5. The first-order valence-corrected chi connectivity index (χ1v) is 10.4. The fourth-order valence-corrected chi connectivity index (χ4v) is 5.90. The van der Waals surface area contributed by atoms with E-state index in [0.717, 1.165) is 5.56 Å². The number of cyclic esters (lactones) is 2. The minimum Gasteiger partial charge on any atom is -0.497 e. The van der Waals surface area contributed by atoms with Crippen molar-refractivity contribution >= 4 is 41.4 Å². The quantitative estimate of drug-likeness (QED) is 0.377. The largest absolute Gasteiger partial charge is 0.509 e. The van der Waals surface area contributed by atoms with Crippen molar-refractivity contribution in [3.05, 3.63) is 29.8 Å². The SMILES string of the molecule is COc1ccc(COC(=O)C2(CCl)CN3C(=O)C(C4(C)COC(=O)O4)[C@H]3S2)cc1. The van der Waals surface area contributed by atoms with Gasteiger partial charge in [-0.1, -0.05) is 12.1 Å². The minimum absolute atomic E-state index is 0.000878. The van der Waals surface area contributed by atoms with Gasteiger partial charge in [0.25, 0.3) is 0 Å². The number of benzene rings is 1. The van der Waals surface area contributed by atoms with E-state index in [1.165, 1.54) is 11.8 Å². The number of thioether (sulfide) groups is 1. The molecule has 1 amide bonds. The third-order valence-corrected chi connectivity index (χ3v) is 7.76. The van der Waals surface area contributed by atoms with Gasteiger partial charge in [-0.15, -0.1) is 23.4 Å². The monoisotopic (exact) mass is 441 g/mol. The Morgan fingerprint density at radius 3 is 2.66 bits per heavy atom. The molecule has 3 fully saturated rings. The minimum atomic E-state index is -1.07. The number of carbonyl (C=O) groups excluding carboxylic acids is 3. The summed E-state index contributed by atoms with van der Waals surface area (Å²) in [6.07, 6.45) is -0.788. The van der Waals surface area contributed by atoms with Crippen molar-refractivity contribution in [1.82, 2.24) is 4.90 Å². The van der Waals surface area contributed by atoms with Gasteiger partial charge < -0.3 is 23.8 Å². The van der Waals surface area contributed by atoms with E-state index in [4.69, 9.17) is 30.5 Å². The van der Waals surface area contributed by atoms with Gasteiger partial charge in [0.05, 0.1) is 12.5 Å². The molecule has 3 unspecified atom stereocenters. The summed E-state index contributed by atoms with van der Waals surface area (Å²) in [5.41, 5.74) is -0.232. The van der Waals surface area contributed by atoms with E-state index in [1.54, 1.807) is 31.1 Å². The Morgan fingerprint density at radius 2 is 2.07 bits per heavy atom. The Labute approximate surface area is 176 Å². The molecule has 8 nitrogen and oxygen atoms in total. The second kappa shape index (κ2) is 7.28. The molecule has 4 atom stereocenters. The number of nitrogens with zero attached hydrogens (tertiary/aromatic N) is 1. The number of hydrogen-bond donors (Lipinski definition) is 0. The Kier molecular flexibility index (Phi) is 5.06. The zero-order valence-electron chi connectivity index (χ0n) is 15.9. The summed E-state index contributed by atoms with van der Waals surface area (Å²) in [6, 6.07) is 7.18. The lowest BCUT2D eigenvalue weighted by Crippen LogP contribution is -2.65. The summed E-state index contributed by atoms with van der Waals surface area (Å²) in [5.74, 6) is -0.530. The molecule has 3 heterocycles. The number of fused-ring (bicyclic) bond motifs is 1. The van der Waals surface area contributed by atoms with Gasteiger partial charge in [0.2, 0.25) is 5.91 Å². The van der Waals surface area contributed by atoms with Crippen LogP contribution < -0.4 is 4.74 Å². The van der Waals surface area contributed by atoms with Crippen molar-refractivity contribution in [3.8, 4) is 5.75 Å². The average molecular weight is 442 g/mol. The maximum Gasteiger partial charge on any atom is 0.509 e. The van der Waals surface area contributed by atoms with Gasteiger partial charge in [-0.05, 0) is 24.6 Å². The lowest BCUT2D eigenvalue weighted by atomic mass is 9.82. The van der Waals surface area contributed by atoms with Gasteiger partial charge in [0, 0.05) is 12.4 Å². The first-order valence-electron chi connectivity index (χ1n) is 9.02.